The molecule has 0 spiro atoms. The van der Waals surface area contributed by atoms with Crippen molar-refractivity contribution in [2.45, 2.75) is 6.42 Å². The predicted octanol–water partition coefficient (Wildman–Crippen LogP) is 0.132. The Morgan fingerprint density at radius 3 is 2.22 bits per heavy atom. The van der Waals surface area contributed by atoms with Crippen LogP contribution in [0.25, 0.3) is 0 Å². The molecule has 0 radical (unpaired) electrons. The van der Waals surface area contributed by atoms with Gasteiger partial charge in [-0.3, -0.25) is 0 Å². The average Bonchev–Trinajstić information content (AvgIpc) is 1.59. The Morgan fingerprint density at radius 2 is 2.11 bits per heavy atom. The van der Waals surface area contributed by atoms with E-state index in [1.54, 1.807) is 0 Å². The lowest BCUT2D eigenvalue weighted by Crippen LogP contribution is -2.08. The molecule has 0 bridgehead atoms. The maximum Gasteiger partial charge on any atom is 0.141 e. The monoisotopic (exact) mass is 235 g/mol. The number of hydrogen-bond donors (Lipinski definition) is 2. The highest BCUT2D eigenvalue weighted by atomic mass is 79.9. The van der Waals surface area contributed by atoms with Crippen molar-refractivity contribution >= 4 is 36.9 Å². The van der Waals surface area contributed by atoms with E-state index in [0.29, 0.717) is 13.0 Å². The maximum atomic E-state index is 10.3. The van der Waals surface area contributed by atoms with Crippen LogP contribution in [0.5, 0.6) is 0 Å². The van der Waals surface area contributed by atoms with Gasteiger partial charge >= 0.3 is 0 Å². The van der Waals surface area contributed by atoms with Crippen molar-refractivity contribution < 1.29 is 8.76 Å². The Kier molecular flexibility index (Phi) is 7.67. The molecule has 6 heteroatoms. The van der Waals surface area contributed by atoms with Crippen LogP contribution in [0.3, 0.4) is 0 Å². The molecule has 0 rings (SSSR count). The smallest absolute Gasteiger partial charge is 0.141 e. The van der Waals surface area contributed by atoms with Crippen LogP contribution in [0.15, 0.2) is 0 Å². The Bertz CT molecular complexity index is 144. The summed E-state index contributed by atoms with van der Waals surface area (Å²) in [7, 11) is -2.93. The molecule has 0 aliphatic rings. The summed E-state index contributed by atoms with van der Waals surface area (Å²) in [6, 6.07) is 0. The molecule has 1 unspecified atom stereocenters. The van der Waals surface area contributed by atoms with E-state index in [0.717, 1.165) is 0 Å². The first-order chi connectivity index (χ1) is 3.56. The van der Waals surface area contributed by atoms with Gasteiger partial charge in [0.2, 0.25) is 0 Å². The van der Waals surface area contributed by atoms with Crippen molar-refractivity contribution in [3.05, 3.63) is 0 Å². The topological polar surface area (TPSA) is 63.3 Å². The molecular weight excluding hydrogens is 226 g/mol. The highest BCUT2D eigenvalue weighted by molar-refractivity contribution is 8.93. The van der Waals surface area contributed by atoms with Gasteiger partial charge in [0.25, 0.3) is 0 Å². The van der Waals surface area contributed by atoms with E-state index in [1.165, 1.54) is 0 Å². The van der Waals surface area contributed by atoms with Gasteiger partial charge in [0.05, 0.1) is 5.75 Å². The van der Waals surface area contributed by atoms with Gasteiger partial charge in [0, 0.05) is 11.2 Å². The zero-order valence-electron chi connectivity index (χ0n) is 4.78. The van der Waals surface area contributed by atoms with Gasteiger partial charge < -0.3 is 10.3 Å². The number of nitrogens with two attached hydrogens (primary N) is 1. The quantitative estimate of drug-likeness (QED) is 0.731. The second kappa shape index (κ2) is 5.55. The third-order valence-electron chi connectivity index (χ3n) is 0.606. The van der Waals surface area contributed by atoms with Crippen molar-refractivity contribution in [2.75, 3.05) is 12.3 Å². The number of rotatable bonds is 3. The van der Waals surface area contributed by atoms with Crippen molar-refractivity contribution in [1.82, 2.24) is 0 Å². The summed E-state index contributed by atoms with van der Waals surface area (Å²) in [5.41, 5.74) is 5.05. The van der Waals surface area contributed by atoms with Crippen LogP contribution in [-0.2, 0) is 20.0 Å². The van der Waals surface area contributed by atoms with E-state index in [2.05, 4.69) is 11.2 Å². The second-order valence-electron chi connectivity index (χ2n) is 1.43. The third kappa shape index (κ3) is 12.1. The summed E-state index contributed by atoms with van der Waals surface area (Å²) in [4.78, 5) is 0. The van der Waals surface area contributed by atoms with E-state index in [1.807, 2.05) is 0 Å². The van der Waals surface area contributed by atoms with Crippen molar-refractivity contribution in [1.29, 1.82) is 0 Å². The lowest BCUT2D eigenvalue weighted by Gasteiger charge is -1.93. The van der Waals surface area contributed by atoms with Crippen LogP contribution in [-0.4, -0.2) is 21.1 Å². The Hall–Kier alpha value is 0.770. The van der Waals surface area contributed by atoms with E-state index in [-0.39, 0.29) is 22.7 Å². The summed E-state index contributed by atoms with van der Waals surface area (Å²) in [6.07, 6.45) is 0.527. The zero-order valence-corrected chi connectivity index (χ0v) is 8.12. The Morgan fingerprint density at radius 1 is 1.67 bits per heavy atom. The highest BCUT2D eigenvalue weighted by Crippen LogP contribution is 1.85. The molecule has 0 heterocycles. The van der Waals surface area contributed by atoms with Gasteiger partial charge in [0.15, 0.2) is 0 Å². The molecule has 0 saturated heterocycles. The molecule has 9 heavy (non-hydrogen) atoms. The van der Waals surface area contributed by atoms with Crippen LogP contribution in [0.2, 0.25) is 0 Å². The van der Waals surface area contributed by atoms with Crippen LogP contribution in [0.1, 0.15) is 6.42 Å². The fraction of sp³-hybridized carbons (Fsp3) is 1.00. The molecule has 1 atom stereocenters. The van der Waals surface area contributed by atoms with Crippen molar-refractivity contribution in [3.8, 4) is 0 Å². The van der Waals surface area contributed by atoms with Crippen LogP contribution in [0.4, 0.5) is 0 Å². The lowest BCUT2D eigenvalue weighted by molar-refractivity contribution is 0.559. The molecule has 0 aromatic rings. The fourth-order valence-corrected chi connectivity index (χ4v) is 1.15. The van der Waals surface area contributed by atoms with E-state index in [4.69, 9.17) is 10.3 Å². The average molecular weight is 236 g/mol. The van der Waals surface area contributed by atoms with Crippen LogP contribution >= 0.6 is 17.0 Å². The van der Waals surface area contributed by atoms with Gasteiger partial charge in [-0.2, -0.15) is 0 Å². The normalized spacial score (nSPS) is 15.8. The molecule has 3 nitrogen and oxygen atoms in total. The summed E-state index contributed by atoms with van der Waals surface area (Å²) in [5.74, 6) is 0.138. The second-order valence-corrected chi connectivity index (χ2v) is 4.56. The van der Waals surface area contributed by atoms with Gasteiger partial charge in [-0.15, -0.1) is 17.0 Å². The molecule has 0 fully saturated rings. The zero-order chi connectivity index (χ0) is 6.62. The minimum Gasteiger partial charge on any atom is -0.330 e. The first kappa shape index (κ1) is 12.4. The molecule has 0 aromatic heterocycles. The van der Waals surface area contributed by atoms with Gasteiger partial charge in [-0.25, -0.2) is 4.21 Å². The van der Waals surface area contributed by atoms with Crippen molar-refractivity contribution in [3.63, 3.8) is 0 Å². The Balaban J connectivity index is 0. The number of hydrogen-bond acceptors (Lipinski definition) is 3. The van der Waals surface area contributed by atoms with Gasteiger partial charge in [-0.05, 0) is 13.0 Å². The Labute approximate surface area is 70.3 Å². The minimum atomic E-state index is -2.93. The van der Waals surface area contributed by atoms with Crippen molar-refractivity contribution in [2.24, 2.45) is 5.73 Å². The molecule has 0 amide bonds. The number of halogens is 1. The molecule has 58 valence electrons. The first-order valence-corrected chi connectivity index (χ1v) is 4.82. The first-order valence-electron chi connectivity index (χ1n) is 2.21. The molecule has 0 saturated carbocycles. The predicted molar refractivity (Wildman–Crippen MR) is 47.0 cm³/mol. The highest BCUT2D eigenvalue weighted by Gasteiger charge is 1.95. The third-order valence-corrected chi connectivity index (χ3v) is 1.91. The SMILES string of the molecule is Br.NCCCS(=O)(O)=S. The molecule has 3 N–H and O–H groups in total. The summed E-state index contributed by atoms with van der Waals surface area (Å²) in [6.45, 7) is 0.425. The van der Waals surface area contributed by atoms with Gasteiger partial charge in [0.1, 0.15) is 8.77 Å². The van der Waals surface area contributed by atoms with Crippen LogP contribution < -0.4 is 5.73 Å². The maximum absolute atomic E-state index is 10.3. The van der Waals surface area contributed by atoms with E-state index in [9.17, 15) is 4.21 Å². The standard InChI is InChI=1S/C3H9NO2S2.BrH/c4-2-1-3-8(5,6)7;/h1-4H2,(H,5,6,7);1H. The van der Waals surface area contributed by atoms with E-state index < -0.39 is 8.77 Å². The molecule has 0 aliphatic heterocycles. The molecule has 0 aromatic carbocycles. The summed E-state index contributed by atoms with van der Waals surface area (Å²) < 4.78 is 18.7. The van der Waals surface area contributed by atoms with E-state index >= 15 is 0 Å². The fourth-order valence-electron chi connectivity index (χ4n) is 0.266. The summed E-state index contributed by atoms with van der Waals surface area (Å²) >= 11 is 4.18. The van der Waals surface area contributed by atoms with Crippen LogP contribution in [0, 0.1) is 0 Å². The minimum absolute atomic E-state index is 0. The molecular formula is C3H10BrNO2S2. The molecule has 0 aliphatic carbocycles. The van der Waals surface area contributed by atoms with Gasteiger partial charge in [-0.1, -0.05) is 0 Å². The summed E-state index contributed by atoms with van der Waals surface area (Å²) in [5, 5.41) is 0. The largest absolute Gasteiger partial charge is 0.330 e. The lowest BCUT2D eigenvalue weighted by atomic mass is 10.5.